The highest BCUT2D eigenvalue weighted by Gasteiger charge is 2.30. The number of hydrogen-bond donors (Lipinski definition) is 1. The van der Waals surface area contributed by atoms with Gasteiger partial charge in [0.1, 0.15) is 0 Å². The van der Waals surface area contributed by atoms with E-state index in [4.69, 9.17) is 11.6 Å². The van der Waals surface area contributed by atoms with E-state index in [0.29, 0.717) is 15.3 Å². The fourth-order valence-electron chi connectivity index (χ4n) is 4.20. The SMILES string of the molecule is O=C(NCCCCN1CCN2c3ccccc3CCC2C1)c1ccc(Cl)s1. The zero-order valence-electron chi connectivity index (χ0n) is 15.5. The van der Waals surface area contributed by atoms with Gasteiger partial charge in [0.2, 0.25) is 0 Å². The summed E-state index contributed by atoms with van der Waals surface area (Å²) in [5, 5.41) is 2.99. The zero-order chi connectivity index (χ0) is 18.6. The predicted octanol–water partition coefficient (Wildman–Crippen LogP) is 4.05. The van der Waals surface area contributed by atoms with Crippen LogP contribution in [0.4, 0.5) is 5.69 Å². The number of amides is 1. The summed E-state index contributed by atoms with van der Waals surface area (Å²) in [5.41, 5.74) is 2.95. The molecule has 144 valence electrons. The molecule has 0 bridgehead atoms. The molecule has 4 nitrogen and oxygen atoms in total. The molecular weight excluding hydrogens is 378 g/mol. The molecule has 0 spiro atoms. The number of carbonyl (C=O) groups is 1. The van der Waals surface area contributed by atoms with Crippen molar-refractivity contribution in [3.05, 3.63) is 51.2 Å². The van der Waals surface area contributed by atoms with E-state index in [1.165, 1.54) is 35.4 Å². The summed E-state index contributed by atoms with van der Waals surface area (Å²) in [6.07, 6.45) is 4.59. The highest BCUT2D eigenvalue weighted by molar-refractivity contribution is 7.17. The Bertz CT molecular complexity index is 793. The van der Waals surface area contributed by atoms with Crippen molar-refractivity contribution < 1.29 is 4.79 Å². The van der Waals surface area contributed by atoms with E-state index in [0.717, 1.165) is 45.6 Å². The van der Waals surface area contributed by atoms with Gasteiger partial charge in [-0.3, -0.25) is 9.69 Å². The molecule has 6 heteroatoms. The second-order valence-corrected chi connectivity index (χ2v) is 9.10. The molecule has 0 radical (unpaired) electrons. The van der Waals surface area contributed by atoms with Crippen molar-refractivity contribution in [2.45, 2.75) is 31.7 Å². The van der Waals surface area contributed by atoms with Gasteiger partial charge >= 0.3 is 0 Å². The largest absolute Gasteiger partial charge is 0.366 e. The van der Waals surface area contributed by atoms with Crippen molar-refractivity contribution in [1.29, 1.82) is 0 Å². The summed E-state index contributed by atoms with van der Waals surface area (Å²) in [5.74, 6) is -0.0126. The number of nitrogens with zero attached hydrogens (tertiary/aromatic N) is 2. The lowest BCUT2D eigenvalue weighted by molar-refractivity contribution is 0.0956. The molecule has 2 aromatic rings. The minimum absolute atomic E-state index is 0.0126. The Balaban J connectivity index is 1.17. The fraction of sp³-hybridized carbons (Fsp3) is 0.476. The molecule has 2 aliphatic heterocycles. The Morgan fingerprint density at radius 3 is 2.93 bits per heavy atom. The predicted molar refractivity (Wildman–Crippen MR) is 113 cm³/mol. The molecule has 0 aliphatic carbocycles. The number of hydrogen-bond acceptors (Lipinski definition) is 4. The van der Waals surface area contributed by atoms with Crippen LogP contribution >= 0.6 is 22.9 Å². The molecule has 1 atom stereocenters. The number of unbranched alkanes of at least 4 members (excludes halogenated alkanes) is 1. The van der Waals surface area contributed by atoms with Gasteiger partial charge < -0.3 is 10.2 Å². The smallest absolute Gasteiger partial charge is 0.261 e. The Labute approximate surface area is 170 Å². The number of anilines is 1. The van der Waals surface area contributed by atoms with Crippen LogP contribution < -0.4 is 10.2 Å². The van der Waals surface area contributed by atoms with Gasteiger partial charge in [-0.1, -0.05) is 29.8 Å². The van der Waals surface area contributed by atoms with Crippen LogP contribution in [0.15, 0.2) is 36.4 Å². The lowest BCUT2D eigenvalue weighted by Gasteiger charge is -2.46. The minimum atomic E-state index is -0.0126. The van der Waals surface area contributed by atoms with Gasteiger partial charge in [-0.15, -0.1) is 11.3 Å². The topological polar surface area (TPSA) is 35.6 Å². The van der Waals surface area contributed by atoms with E-state index >= 15 is 0 Å². The molecule has 1 saturated heterocycles. The van der Waals surface area contributed by atoms with E-state index in [1.54, 1.807) is 12.1 Å². The normalized spacial score (nSPS) is 19.4. The Morgan fingerprint density at radius 1 is 1.19 bits per heavy atom. The second kappa shape index (κ2) is 8.63. The van der Waals surface area contributed by atoms with Gasteiger partial charge in [0.15, 0.2) is 0 Å². The number of nitrogens with one attached hydrogen (secondary N) is 1. The van der Waals surface area contributed by atoms with Crippen LogP contribution in [0.1, 0.15) is 34.5 Å². The quantitative estimate of drug-likeness (QED) is 0.739. The standard InChI is InChI=1S/C21H26ClN3OS/c22-20-10-9-19(27-20)21(26)23-11-3-4-12-24-13-14-25-17(15-24)8-7-16-5-1-2-6-18(16)25/h1-2,5-6,9-10,17H,3-4,7-8,11-15H2,(H,23,26). The number of thiophene rings is 1. The number of aryl methyl sites for hydroxylation is 1. The molecule has 2 aliphatic rings. The zero-order valence-corrected chi connectivity index (χ0v) is 17.1. The Hall–Kier alpha value is -1.56. The highest BCUT2D eigenvalue weighted by Crippen LogP contribution is 2.32. The van der Waals surface area contributed by atoms with Gasteiger partial charge in [0.05, 0.1) is 9.21 Å². The third-order valence-electron chi connectivity index (χ3n) is 5.60. The van der Waals surface area contributed by atoms with Crippen molar-refractivity contribution >= 4 is 34.5 Å². The first-order valence-corrected chi connectivity index (χ1v) is 11.0. The number of fused-ring (bicyclic) bond motifs is 3. The molecule has 4 rings (SSSR count). The number of piperazine rings is 1. The van der Waals surface area contributed by atoms with E-state index in [1.807, 2.05) is 0 Å². The van der Waals surface area contributed by atoms with Crippen molar-refractivity contribution in [3.63, 3.8) is 0 Å². The van der Waals surface area contributed by atoms with Crippen molar-refractivity contribution in [2.75, 3.05) is 37.6 Å². The van der Waals surface area contributed by atoms with Gasteiger partial charge in [-0.2, -0.15) is 0 Å². The number of halogens is 1. The molecule has 1 fully saturated rings. The third-order valence-corrected chi connectivity index (χ3v) is 6.83. The number of carbonyl (C=O) groups excluding carboxylic acids is 1. The van der Waals surface area contributed by atoms with Crippen LogP contribution in [0, 0.1) is 0 Å². The second-order valence-electron chi connectivity index (χ2n) is 7.38. The first kappa shape index (κ1) is 18.8. The van der Waals surface area contributed by atoms with Gasteiger partial charge in [-0.25, -0.2) is 0 Å². The highest BCUT2D eigenvalue weighted by atomic mass is 35.5. The average Bonchev–Trinajstić information content (AvgIpc) is 3.14. The van der Waals surface area contributed by atoms with E-state index in [2.05, 4.69) is 39.4 Å². The molecular formula is C21H26ClN3OS. The summed E-state index contributed by atoms with van der Waals surface area (Å²) in [6, 6.07) is 13.1. The van der Waals surface area contributed by atoms with Crippen LogP contribution in [-0.2, 0) is 6.42 Å². The number of para-hydroxylation sites is 1. The first-order valence-electron chi connectivity index (χ1n) is 9.81. The molecule has 0 saturated carbocycles. The van der Waals surface area contributed by atoms with Crippen LogP contribution in [0.25, 0.3) is 0 Å². The van der Waals surface area contributed by atoms with Gasteiger partial charge in [-0.05, 0) is 56.0 Å². The van der Waals surface area contributed by atoms with Crippen LogP contribution in [0.3, 0.4) is 0 Å². The monoisotopic (exact) mass is 403 g/mol. The molecule has 1 unspecified atom stereocenters. The van der Waals surface area contributed by atoms with Crippen LogP contribution in [-0.4, -0.2) is 49.6 Å². The maximum Gasteiger partial charge on any atom is 0.261 e. The summed E-state index contributed by atoms with van der Waals surface area (Å²) in [6.45, 7) is 5.26. The summed E-state index contributed by atoms with van der Waals surface area (Å²) < 4.78 is 0.657. The fourth-order valence-corrected chi connectivity index (χ4v) is 5.16. The van der Waals surface area contributed by atoms with Gasteiger partial charge in [0, 0.05) is 37.9 Å². The summed E-state index contributed by atoms with van der Waals surface area (Å²) in [7, 11) is 0. The van der Waals surface area contributed by atoms with Crippen molar-refractivity contribution in [3.8, 4) is 0 Å². The average molecular weight is 404 g/mol. The maximum atomic E-state index is 12.0. The van der Waals surface area contributed by atoms with Gasteiger partial charge in [0.25, 0.3) is 5.91 Å². The van der Waals surface area contributed by atoms with Crippen molar-refractivity contribution in [2.24, 2.45) is 0 Å². The lowest BCUT2D eigenvalue weighted by Crippen LogP contribution is -2.55. The minimum Gasteiger partial charge on any atom is -0.366 e. The summed E-state index contributed by atoms with van der Waals surface area (Å²) >= 11 is 7.21. The van der Waals surface area contributed by atoms with Crippen molar-refractivity contribution in [1.82, 2.24) is 10.2 Å². The molecule has 1 amide bonds. The number of rotatable bonds is 6. The molecule has 3 heterocycles. The lowest BCUT2D eigenvalue weighted by atomic mass is 9.94. The van der Waals surface area contributed by atoms with E-state index in [-0.39, 0.29) is 5.91 Å². The molecule has 1 aromatic carbocycles. The Morgan fingerprint density at radius 2 is 2.07 bits per heavy atom. The first-order chi connectivity index (χ1) is 13.2. The third kappa shape index (κ3) is 4.48. The molecule has 1 aromatic heterocycles. The van der Waals surface area contributed by atoms with E-state index < -0.39 is 0 Å². The van der Waals surface area contributed by atoms with Crippen LogP contribution in [0.2, 0.25) is 4.34 Å². The van der Waals surface area contributed by atoms with E-state index in [9.17, 15) is 4.79 Å². The van der Waals surface area contributed by atoms with Crippen LogP contribution in [0.5, 0.6) is 0 Å². The molecule has 27 heavy (non-hydrogen) atoms. The Kier molecular flexibility index (Phi) is 6.01. The summed E-state index contributed by atoms with van der Waals surface area (Å²) in [4.78, 5) is 17.9. The maximum absolute atomic E-state index is 12.0. The number of benzene rings is 1. The molecule has 1 N–H and O–H groups in total.